The first-order chi connectivity index (χ1) is 13.1. The Bertz CT molecular complexity index is 950. The highest BCUT2D eigenvalue weighted by Gasteiger charge is 2.27. The standard InChI is InChI=1S/C20H20N4O2S/c21-18(25)13-7-9-15(10-8-13)22-19(26)14-4-3-11-24(12-14)20-23-16-5-1-2-6-17(16)27-20/h1-2,5-10,14H,3-4,11-12H2,(H2,21,25)(H,22,26)/t14-/m1/s1. The van der Waals surface area contributed by atoms with Crippen LogP contribution in [-0.4, -0.2) is 29.9 Å². The highest BCUT2D eigenvalue weighted by atomic mass is 32.1. The van der Waals surface area contributed by atoms with E-state index in [0.29, 0.717) is 17.8 Å². The van der Waals surface area contributed by atoms with Gasteiger partial charge in [-0.05, 0) is 49.2 Å². The number of piperidine rings is 1. The van der Waals surface area contributed by atoms with Gasteiger partial charge in [0.1, 0.15) is 0 Å². The number of para-hydroxylation sites is 1. The third-order valence-electron chi connectivity index (χ3n) is 4.78. The maximum Gasteiger partial charge on any atom is 0.248 e. The predicted molar refractivity (Wildman–Crippen MR) is 108 cm³/mol. The van der Waals surface area contributed by atoms with Crippen LogP contribution in [0.15, 0.2) is 48.5 Å². The molecule has 2 heterocycles. The van der Waals surface area contributed by atoms with Crippen molar-refractivity contribution < 1.29 is 9.59 Å². The van der Waals surface area contributed by atoms with Crippen molar-refractivity contribution in [2.75, 3.05) is 23.3 Å². The summed E-state index contributed by atoms with van der Waals surface area (Å²) in [5, 5.41) is 3.91. The maximum absolute atomic E-state index is 12.7. The van der Waals surface area contributed by atoms with Crippen LogP contribution in [0.3, 0.4) is 0 Å². The number of carbonyl (C=O) groups is 2. The van der Waals surface area contributed by atoms with Crippen LogP contribution in [0, 0.1) is 5.92 Å². The number of aromatic nitrogens is 1. The van der Waals surface area contributed by atoms with Gasteiger partial charge < -0.3 is 16.0 Å². The number of nitrogens with zero attached hydrogens (tertiary/aromatic N) is 2. The van der Waals surface area contributed by atoms with Gasteiger partial charge in [-0.3, -0.25) is 9.59 Å². The van der Waals surface area contributed by atoms with E-state index in [-0.39, 0.29) is 11.8 Å². The third kappa shape index (κ3) is 3.78. The molecule has 6 nitrogen and oxygen atoms in total. The molecule has 1 saturated heterocycles. The molecule has 0 spiro atoms. The highest BCUT2D eigenvalue weighted by molar-refractivity contribution is 7.22. The van der Waals surface area contributed by atoms with E-state index in [2.05, 4.69) is 16.3 Å². The smallest absolute Gasteiger partial charge is 0.248 e. The Balaban J connectivity index is 1.44. The summed E-state index contributed by atoms with van der Waals surface area (Å²) in [5.74, 6) is -0.583. The van der Waals surface area contributed by atoms with Crippen LogP contribution in [0.2, 0.25) is 0 Å². The van der Waals surface area contributed by atoms with E-state index in [1.807, 2.05) is 18.2 Å². The number of carbonyl (C=O) groups excluding carboxylic acids is 2. The van der Waals surface area contributed by atoms with Gasteiger partial charge in [-0.1, -0.05) is 23.5 Å². The number of fused-ring (bicyclic) bond motifs is 1. The van der Waals surface area contributed by atoms with Crippen molar-refractivity contribution in [3.8, 4) is 0 Å². The number of primary amides is 1. The average Bonchev–Trinajstić information content (AvgIpc) is 3.13. The number of anilines is 2. The fourth-order valence-corrected chi connectivity index (χ4v) is 4.32. The Hall–Kier alpha value is -2.93. The zero-order chi connectivity index (χ0) is 18.8. The van der Waals surface area contributed by atoms with E-state index >= 15 is 0 Å². The van der Waals surface area contributed by atoms with E-state index < -0.39 is 5.91 Å². The average molecular weight is 380 g/mol. The van der Waals surface area contributed by atoms with Crippen molar-refractivity contribution in [2.24, 2.45) is 11.7 Å². The van der Waals surface area contributed by atoms with Crippen LogP contribution in [-0.2, 0) is 4.79 Å². The van der Waals surface area contributed by atoms with Gasteiger partial charge in [0.2, 0.25) is 11.8 Å². The van der Waals surface area contributed by atoms with E-state index in [0.717, 1.165) is 34.7 Å². The van der Waals surface area contributed by atoms with E-state index in [1.165, 1.54) is 0 Å². The molecule has 1 fully saturated rings. The van der Waals surface area contributed by atoms with Crippen molar-refractivity contribution in [1.82, 2.24) is 4.98 Å². The Kier molecular flexibility index (Phi) is 4.77. The number of thiazole rings is 1. The molecule has 1 aliphatic heterocycles. The number of amides is 2. The zero-order valence-corrected chi connectivity index (χ0v) is 15.5. The summed E-state index contributed by atoms with van der Waals surface area (Å²) in [6.07, 6.45) is 1.81. The molecule has 1 aromatic heterocycles. The first-order valence-electron chi connectivity index (χ1n) is 8.91. The molecule has 0 unspecified atom stereocenters. The van der Waals surface area contributed by atoms with Gasteiger partial charge in [-0.15, -0.1) is 0 Å². The van der Waals surface area contributed by atoms with Crippen LogP contribution < -0.4 is 16.0 Å². The number of nitrogens with one attached hydrogen (secondary N) is 1. The van der Waals surface area contributed by atoms with E-state index in [1.54, 1.807) is 35.6 Å². The molecule has 0 bridgehead atoms. The number of hydrogen-bond donors (Lipinski definition) is 2. The second-order valence-electron chi connectivity index (χ2n) is 6.68. The lowest BCUT2D eigenvalue weighted by molar-refractivity contribution is -0.120. The van der Waals surface area contributed by atoms with Crippen LogP contribution in [0.5, 0.6) is 0 Å². The van der Waals surface area contributed by atoms with Crippen LogP contribution >= 0.6 is 11.3 Å². The molecule has 7 heteroatoms. The summed E-state index contributed by atoms with van der Waals surface area (Å²) in [4.78, 5) is 30.7. The summed E-state index contributed by atoms with van der Waals surface area (Å²) >= 11 is 1.67. The van der Waals surface area contributed by atoms with E-state index in [9.17, 15) is 9.59 Å². The van der Waals surface area contributed by atoms with Gasteiger partial charge >= 0.3 is 0 Å². The molecule has 3 aromatic rings. The van der Waals surface area contributed by atoms with E-state index in [4.69, 9.17) is 10.7 Å². The lowest BCUT2D eigenvalue weighted by Crippen LogP contribution is -2.40. The second kappa shape index (κ2) is 7.36. The molecule has 1 aliphatic rings. The normalized spacial score (nSPS) is 17.0. The van der Waals surface area contributed by atoms with Gasteiger partial charge in [0.15, 0.2) is 5.13 Å². The predicted octanol–water partition coefficient (Wildman–Crippen LogP) is 3.25. The summed E-state index contributed by atoms with van der Waals surface area (Å²) in [6, 6.07) is 14.7. The highest BCUT2D eigenvalue weighted by Crippen LogP contribution is 2.31. The fraction of sp³-hybridized carbons (Fsp3) is 0.250. The van der Waals surface area contributed by atoms with Crippen molar-refractivity contribution >= 4 is 44.2 Å². The van der Waals surface area contributed by atoms with Crippen molar-refractivity contribution in [3.63, 3.8) is 0 Å². The van der Waals surface area contributed by atoms with Gasteiger partial charge in [0.05, 0.1) is 16.1 Å². The number of nitrogens with two attached hydrogens (primary N) is 1. The first kappa shape index (κ1) is 17.5. The van der Waals surface area contributed by atoms with Crippen LogP contribution in [0.4, 0.5) is 10.8 Å². The minimum atomic E-state index is -0.480. The molecule has 0 aliphatic carbocycles. The van der Waals surface area contributed by atoms with Crippen LogP contribution in [0.25, 0.3) is 10.2 Å². The molecule has 138 valence electrons. The van der Waals surface area contributed by atoms with Crippen molar-refractivity contribution in [1.29, 1.82) is 0 Å². The lowest BCUT2D eigenvalue weighted by atomic mass is 9.97. The van der Waals surface area contributed by atoms with Crippen molar-refractivity contribution in [2.45, 2.75) is 12.8 Å². The first-order valence-corrected chi connectivity index (χ1v) is 9.73. The molecule has 4 rings (SSSR count). The fourth-order valence-electron chi connectivity index (χ4n) is 3.32. The maximum atomic E-state index is 12.7. The zero-order valence-electron chi connectivity index (χ0n) is 14.7. The minimum absolute atomic E-state index is 0.00682. The minimum Gasteiger partial charge on any atom is -0.366 e. The molecular weight excluding hydrogens is 360 g/mol. The van der Waals surface area contributed by atoms with Gasteiger partial charge in [-0.25, -0.2) is 4.98 Å². The summed E-state index contributed by atoms with van der Waals surface area (Å²) < 4.78 is 1.16. The molecule has 3 N–H and O–H groups in total. The number of hydrogen-bond acceptors (Lipinski definition) is 5. The Labute approximate surface area is 161 Å². The van der Waals surface area contributed by atoms with Gasteiger partial charge in [0, 0.05) is 24.3 Å². The molecule has 2 aromatic carbocycles. The Morgan fingerprint density at radius 1 is 1.15 bits per heavy atom. The largest absolute Gasteiger partial charge is 0.366 e. The summed E-state index contributed by atoms with van der Waals surface area (Å²) in [7, 11) is 0. The Morgan fingerprint density at radius 3 is 2.67 bits per heavy atom. The molecule has 2 amide bonds. The lowest BCUT2D eigenvalue weighted by Gasteiger charge is -2.31. The second-order valence-corrected chi connectivity index (χ2v) is 7.69. The molecule has 0 saturated carbocycles. The molecule has 0 radical (unpaired) electrons. The molecular formula is C20H20N4O2S. The van der Waals surface area contributed by atoms with Gasteiger partial charge in [-0.2, -0.15) is 0 Å². The monoisotopic (exact) mass is 380 g/mol. The third-order valence-corrected chi connectivity index (χ3v) is 5.88. The van der Waals surface area contributed by atoms with Crippen LogP contribution in [0.1, 0.15) is 23.2 Å². The van der Waals surface area contributed by atoms with Gasteiger partial charge in [0.25, 0.3) is 0 Å². The number of rotatable bonds is 4. The summed E-state index contributed by atoms with van der Waals surface area (Å²) in [6.45, 7) is 1.57. The summed E-state index contributed by atoms with van der Waals surface area (Å²) in [5.41, 5.74) is 7.33. The topological polar surface area (TPSA) is 88.3 Å². The number of benzene rings is 2. The molecule has 27 heavy (non-hydrogen) atoms. The quantitative estimate of drug-likeness (QED) is 0.727. The molecule has 1 atom stereocenters. The SMILES string of the molecule is NC(=O)c1ccc(NC(=O)[C@@H]2CCCN(c3nc4ccccc4s3)C2)cc1. The Morgan fingerprint density at radius 2 is 1.93 bits per heavy atom. The van der Waals surface area contributed by atoms with Crippen molar-refractivity contribution in [3.05, 3.63) is 54.1 Å².